The van der Waals surface area contributed by atoms with E-state index < -0.39 is 5.97 Å². The number of nitrogens with zero attached hydrogens (tertiary/aromatic N) is 3. The number of anilines is 1. The van der Waals surface area contributed by atoms with Crippen LogP contribution in [0.3, 0.4) is 0 Å². The highest BCUT2D eigenvalue weighted by Gasteiger charge is 2.26. The third-order valence-electron chi connectivity index (χ3n) is 7.12. The smallest absolute Gasteiger partial charge is 0.341 e. The van der Waals surface area contributed by atoms with E-state index in [0.717, 1.165) is 46.5 Å². The molecule has 1 aliphatic rings. The molecule has 40 heavy (non-hydrogen) atoms. The van der Waals surface area contributed by atoms with Crippen molar-refractivity contribution in [2.75, 3.05) is 18.2 Å². The predicted molar refractivity (Wildman–Crippen MR) is 165 cm³/mol. The standard InChI is InChI=1S/C30H32N4O3S3/c1-6-11-34-27(23-15-38-24-13-18(3)8-10-20(23)24)32-33-30(34)40-16-25(35)31-28-26(29(36)37-5)22(14-39-28)21-12-17(2)7-9-19(21)4/h6-7,9,12,14-15,18H,1,8,10-11,13,16H2,2-5H3,(H,31,35). The lowest BCUT2D eigenvalue weighted by atomic mass is 9.88. The number of thiophene rings is 2. The minimum Gasteiger partial charge on any atom is -0.465 e. The fourth-order valence-electron chi connectivity index (χ4n) is 5.02. The Morgan fingerprint density at radius 1 is 1.20 bits per heavy atom. The summed E-state index contributed by atoms with van der Waals surface area (Å²) < 4.78 is 7.11. The van der Waals surface area contributed by atoms with Crippen LogP contribution in [0.4, 0.5) is 5.00 Å². The van der Waals surface area contributed by atoms with Gasteiger partial charge in [0, 0.05) is 33.3 Å². The second-order valence-corrected chi connectivity index (χ2v) is 12.9. The van der Waals surface area contributed by atoms with Crippen molar-refractivity contribution in [3.05, 3.63) is 68.7 Å². The number of methoxy groups -OCH3 is 1. The molecule has 5 rings (SSSR count). The molecule has 7 nitrogen and oxygen atoms in total. The van der Waals surface area contributed by atoms with Gasteiger partial charge in [-0.25, -0.2) is 4.79 Å². The third-order valence-corrected chi connectivity index (χ3v) is 10.0. The van der Waals surface area contributed by atoms with Crippen LogP contribution >= 0.6 is 34.4 Å². The van der Waals surface area contributed by atoms with Crippen molar-refractivity contribution in [3.63, 3.8) is 0 Å². The van der Waals surface area contributed by atoms with Gasteiger partial charge in [0.1, 0.15) is 10.6 Å². The SMILES string of the molecule is C=CCn1c(SCC(=O)Nc2scc(-c3cc(C)ccc3C)c2C(=O)OC)nnc1-c1csc2c1CCC(C)C2. The summed E-state index contributed by atoms with van der Waals surface area (Å²) in [6.07, 6.45) is 5.16. The number of nitrogens with one attached hydrogen (secondary N) is 1. The van der Waals surface area contributed by atoms with Crippen LogP contribution in [0.5, 0.6) is 0 Å². The molecule has 0 fully saturated rings. The molecule has 3 aromatic heterocycles. The van der Waals surface area contributed by atoms with Crippen molar-refractivity contribution in [2.24, 2.45) is 5.92 Å². The summed E-state index contributed by atoms with van der Waals surface area (Å²) in [6, 6.07) is 6.10. The molecule has 1 aliphatic carbocycles. The molecule has 0 saturated carbocycles. The van der Waals surface area contributed by atoms with Crippen molar-refractivity contribution in [2.45, 2.75) is 51.7 Å². The molecule has 4 aromatic rings. The largest absolute Gasteiger partial charge is 0.465 e. The first-order valence-corrected chi connectivity index (χ1v) is 15.9. The Morgan fingerprint density at radius 2 is 2.00 bits per heavy atom. The van der Waals surface area contributed by atoms with Gasteiger partial charge in [-0.05, 0) is 55.7 Å². The molecule has 1 unspecified atom stereocenters. The molecule has 0 spiro atoms. The summed E-state index contributed by atoms with van der Waals surface area (Å²) in [5, 5.41) is 17.1. The molecule has 0 bridgehead atoms. The molecule has 0 radical (unpaired) electrons. The minimum atomic E-state index is -0.482. The first-order chi connectivity index (χ1) is 19.3. The maximum atomic E-state index is 13.1. The Balaban J connectivity index is 1.35. The van der Waals surface area contributed by atoms with E-state index in [1.165, 1.54) is 47.1 Å². The molecule has 0 aliphatic heterocycles. The van der Waals surface area contributed by atoms with Gasteiger partial charge in [-0.2, -0.15) is 0 Å². The number of esters is 1. The van der Waals surface area contributed by atoms with Crippen molar-refractivity contribution in [1.82, 2.24) is 14.8 Å². The number of hydrogen-bond donors (Lipinski definition) is 1. The third kappa shape index (κ3) is 5.66. The van der Waals surface area contributed by atoms with E-state index in [4.69, 9.17) is 4.74 Å². The number of fused-ring (bicyclic) bond motifs is 1. The van der Waals surface area contributed by atoms with E-state index >= 15 is 0 Å². The summed E-state index contributed by atoms with van der Waals surface area (Å²) in [6.45, 7) is 10.8. The average molecular weight is 593 g/mol. The summed E-state index contributed by atoms with van der Waals surface area (Å²) >= 11 is 4.44. The van der Waals surface area contributed by atoms with Crippen LogP contribution in [0.1, 0.15) is 45.3 Å². The number of ether oxygens (including phenoxy) is 1. The van der Waals surface area contributed by atoms with Gasteiger partial charge in [-0.1, -0.05) is 48.5 Å². The monoisotopic (exact) mass is 592 g/mol. The number of aromatic nitrogens is 3. The molecular weight excluding hydrogens is 561 g/mol. The maximum absolute atomic E-state index is 13.1. The van der Waals surface area contributed by atoms with Gasteiger partial charge in [0.15, 0.2) is 11.0 Å². The van der Waals surface area contributed by atoms with E-state index in [2.05, 4.69) is 34.4 Å². The van der Waals surface area contributed by atoms with Gasteiger partial charge in [-0.15, -0.1) is 39.4 Å². The minimum absolute atomic E-state index is 0.117. The first-order valence-electron chi connectivity index (χ1n) is 13.1. The quantitative estimate of drug-likeness (QED) is 0.126. The van der Waals surface area contributed by atoms with Crippen LogP contribution in [0.25, 0.3) is 22.5 Å². The van der Waals surface area contributed by atoms with E-state index in [1.54, 1.807) is 11.3 Å². The Hall–Kier alpha value is -3.21. The number of aryl methyl sites for hydroxylation is 2. The molecule has 10 heteroatoms. The topological polar surface area (TPSA) is 86.1 Å². The average Bonchev–Trinajstić information content (AvgIpc) is 3.65. The van der Waals surface area contributed by atoms with E-state index in [1.807, 2.05) is 48.1 Å². The highest BCUT2D eigenvalue weighted by molar-refractivity contribution is 7.99. The fourth-order valence-corrected chi connectivity index (χ4v) is 7.98. The van der Waals surface area contributed by atoms with Crippen LogP contribution in [0.2, 0.25) is 0 Å². The molecule has 1 N–H and O–H groups in total. The number of carbonyl (C=O) groups excluding carboxylic acids is 2. The zero-order valence-electron chi connectivity index (χ0n) is 23.1. The highest BCUT2D eigenvalue weighted by atomic mass is 32.2. The number of benzene rings is 1. The van der Waals surface area contributed by atoms with Crippen molar-refractivity contribution < 1.29 is 14.3 Å². The lowest BCUT2D eigenvalue weighted by molar-refractivity contribution is -0.113. The van der Waals surface area contributed by atoms with E-state index in [9.17, 15) is 9.59 Å². The second kappa shape index (κ2) is 12.1. The Bertz CT molecular complexity index is 1580. The zero-order chi connectivity index (χ0) is 28.4. The number of thioether (sulfide) groups is 1. The first kappa shape index (κ1) is 28.3. The number of amides is 1. The van der Waals surface area contributed by atoms with Crippen molar-refractivity contribution >= 4 is 51.3 Å². The number of carbonyl (C=O) groups is 2. The maximum Gasteiger partial charge on any atom is 0.341 e. The van der Waals surface area contributed by atoms with Crippen LogP contribution < -0.4 is 5.32 Å². The van der Waals surface area contributed by atoms with Crippen molar-refractivity contribution in [3.8, 4) is 22.5 Å². The Kier molecular flexibility index (Phi) is 8.58. The van der Waals surface area contributed by atoms with Crippen LogP contribution in [-0.2, 0) is 28.9 Å². The summed E-state index contributed by atoms with van der Waals surface area (Å²) in [4.78, 5) is 27.3. The summed E-state index contributed by atoms with van der Waals surface area (Å²) in [5.74, 6) is 0.922. The number of hydrogen-bond acceptors (Lipinski definition) is 8. The Labute approximate surface area is 246 Å². The van der Waals surface area contributed by atoms with E-state index in [-0.39, 0.29) is 11.7 Å². The van der Waals surface area contributed by atoms with Gasteiger partial charge in [0.2, 0.25) is 5.91 Å². The van der Waals surface area contributed by atoms with Gasteiger partial charge in [0.25, 0.3) is 0 Å². The highest BCUT2D eigenvalue weighted by Crippen LogP contribution is 2.40. The van der Waals surface area contributed by atoms with Gasteiger partial charge in [0.05, 0.1) is 12.9 Å². The van der Waals surface area contributed by atoms with Gasteiger partial charge < -0.3 is 10.1 Å². The molecule has 1 amide bonds. The predicted octanol–water partition coefficient (Wildman–Crippen LogP) is 7.18. The van der Waals surface area contributed by atoms with Crippen LogP contribution in [-0.4, -0.2) is 39.5 Å². The van der Waals surface area contributed by atoms with Crippen LogP contribution in [0.15, 0.2) is 46.8 Å². The lowest BCUT2D eigenvalue weighted by Crippen LogP contribution is -2.16. The molecule has 3 heterocycles. The molecular formula is C30H32N4O3S3. The zero-order valence-corrected chi connectivity index (χ0v) is 25.5. The van der Waals surface area contributed by atoms with Crippen molar-refractivity contribution in [1.29, 1.82) is 0 Å². The molecule has 1 aromatic carbocycles. The Morgan fingerprint density at radius 3 is 2.77 bits per heavy atom. The van der Waals surface area contributed by atoms with Crippen LogP contribution in [0, 0.1) is 19.8 Å². The lowest BCUT2D eigenvalue weighted by Gasteiger charge is -2.19. The van der Waals surface area contributed by atoms with E-state index in [0.29, 0.717) is 28.2 Å². The summed E-state index contributed by atoms with van der Waals surface area (Å²) in [5.41, 5.74) is 6.71. The molecule has 1 atom stereocenters. The normalized spacial score (nSPS) is 14.6. The molecule has 0 saturated heterocycles. The fraction of sp³-hybridized carbons (Fsp3) is 0.333. The molecule has 208 valence electrons. The van der Waals surface area contributed by atoms with Gasteiger partial charge >= 0.3 is 5.97 Å². The number of rotatable bonds is 9. The summed E-state index contributed by atoms with van der Waals surface area (Å²) in [7, 11) is 1.35. The second-order valence-electron chi connectivity index (χ2n) is 10.1. The van der Waals surface area contributed by atoms with Gasteiger partial charge in [-0.3, -0.25) is 9.36 Å². The number of allylic oxidation sites excluding steroid dienone is 1.